The van der Waals surface area contributed by atoms with Crippen LogP contribution in [0.2, 0.25) is 0 Å². The SMILES string of the molecule is Cc1cc(Nc2c(F)cccc2F)nc(NC2CCCCCC2)n1. The van der Waals surface area contributed by atoms with Gasteiger partial charge in [-0.05, 0) is 31.9 Å². The second kappa shape index (κ2) is 7.55. The van der Waals surface area contributed by atoms with Gasteiger partial charge in [-0.2, -0.15) is 4.98 Å². The number of benzene rings is 1. The predicted molar refractivity (Wildman–Crippen MR) is 91.5 cm³/mol. The molecule has 0 saturated heterocycles. The first-order valence-corrected chi connectivity index (χ1v) is 8.45. The third-order valence-electron chi connectivity index (χ3n) is 4.26. The molecule has 0 atom stereocenters. The van der Waals surface area contributed by atoms with E-state index in [0.29, 0.717) is 17.8 Å². The van der Waals surface area contributed by atoms with Crippen LogP contribution < -0.4 is 10.6 Å². The monoisotopic (exact) mass is 332 g/mol. The maximum atomic E-state index is 13.8. The molecule has 2 N–H and O–H groups in total. The predicted octanol–water partition coefficient (Wildman–Crippen LogP) is 4.94. The number of nitrogens with zero attached hydrogens (tertiary/aromatic N) is 2. The summed E-state index contributed by atoms with van der Waals surface area (Å²) in [5.74, 6) is -0.419. The fourth-order valence-corrected chi connectivity index (χ4v) is 3.05. The Morgan fingerprint density at radius 3 is 2.33 bits per heavy atom. The molecule has 0 bridgehead atoms. The summed E-state index contributed by atoms with van der Waals surface area (Å²) in [7, 11) is 0. The summed E-state index contributed by atoms with van der Waals surface area (Å²) in [4.78, 5) is 8.76. The topological polar surface area (TPSA) is 49.8 Å². The van der Waals surface area contributed by atoms with Crippen molar-refractivity contribution in [2.45, 2.75) is 51.5 Å². The summed E-state index contributed by atoms with van der Waals surface area (Å²) in [5.41, 5.74) is 0.538. The number of hydrogen-bond donors (Lipinski definition) is 2. The molecule has 4 nitrogen and oxygen atoms in total. The Labute approximate surface area is 140 Å². The Morgan fingerprint density at radius 2 is 1.67 bits per heavy atom. The van der Waals surface area contributed by atoms with E-state index < -0.39 is 11.6 Å². The highest BCUT2D eigenvalue weighted by atomic mass is 19.1. The Kier molecular flexibility index (Phi) is 5.23. The first kappa shape index (κ1) is 16.6. The third kappa shape index (κ3) is 4.19. The lowest BCUT2D eigenvalue weighted by Gasteiger charge is -2.17. The number of aryl methyl sites for hydroxylation is 1. The number of aromatic nitrogens is 2. The zero-order valence-corrected chi connectivity index (χ0v) is 13.8. The highest BCUT2D eigenvalue weighted by Gasteiger charge is 2.15. The summed E-state index contributed by atoms with van der Waals surface area (Å²) >= 11 is 0. The van der Waals surface area contributed by atoms with Gasteiger partial charge in [-0.3, -0.25) is 0 Å². The van der Waals surface area contributed by atoms with Crippen LogP contribution in [0.25, 0.3) is 0 Å². The van der Waals surface area contributed by atoms with Gasteiger partial charge < -0.3 is 10.6 Å². The van der Waals surface area contributed by atoms with E-state index in [2.05, 4.69) is 20.6 Å². The van der Waals surface area contributed by atoms with Crippen molar-refractivity contribution in [2.75, 3.05) is 10.6 Å². The third-order valence-corrected chi connectivity index (χ3v) is 4.26. The largest absolute Gasteiger partial charge is 0.351 e. The Balaban J connectivity index is 1.78. The number of hydrogen-bond acceptors (Lipinski definition) is 4. The van der Waals surface area contributed by atoms with Crippen molar-refractivity contribution in [1.29, 1.82) is 0 Å². The van der Waals surface area contributed by atoms with Crippen molar-refractivity contribution in [2.24, 2.45) is 0 Å². The van der Waals surface area contributed by atoms with Crippen molar-refractivity contribution < 1.29 is 8.78 Å². The van der Waals surface area contributed by atoms with E-state index in [0.717, 1.165) is 18.5 Å². The molecular weight excluding hydrogens is 310 g/mol. The van der Waals surface area contributed by atoms with E-state index in [1.54, 1.807) is 6.07 Å². The smallest absolute Gasteiger partial charge is 0.225 e. The number of halogens is 2. The standard InChI is InChI=1S/C18H22F2N4/c1-12-11-16(23-17-14(19)9-6-10-15(17)20)24-18(21-12)22-13-7-4-2-3-5-8-13/h6,9-11,13H,2-5,7-8H2,1H3,(H2,21,22,23,24). The van der Waals surface area contributed by atoms with Gasteiger partial charge in [-0.15, -0.1) is 0 Å². The average molecular weight is 332 g/mol. The van der Waals surface area contributed by atoms with Crippen LogP contribution in [0, 0.1) is 18.6 Å². The molecule has 3 rings (SSSR count). The summed E-state index contributed by atoms with van der Waals surface area (Å²) in [6.45, 7) is 1.84. The van der Waals surface area contributed by atoms with Crippen molar-refractivity contribution in [1.82, 2.24) is 9.97 Å². The quantitative estimate of drug-likeness (QED) is 0.779. The fraction of sp³-hybridized carbons (Fsp3) is 0.444. The second-order valence-electron chi connectivity index (χ2n) is 6.27. The maximum Gasteiger partial charge on any atom is 0.225 e. The molecule has 1 fully saturated rings. The summed E-state index contributed by atoms with van der Waals surface area (Å²) < 4.78 is 27.6. The number of nitrogens with one attached hydrogen (secondary N) is 2. The van der Waals surface area contributed by atoms with Gasteiger partial charge in [0.1, 0.15) is 23.1 Å². The van der Waals surface area contributed by atoms with Crippen LogP contribution in [-0.4, -0.2) is 16.0 Å². The first-order valence-electron chi connectivity index (χ1n) is 8.45. The lowest BCUT2D eigenvalue weighted by Crippen LogP contribution is -2.20. The van der Waals surface area contributed by atoms with Gasteiger partial charge in [-0.1, -0.05) is 31.7 Å². The molecule has 2 aromatic rings. The molecule has 0 unspecified atom stereocenters. The molecule has 1 heterocycles. The van der Waals surface area contributed by atoms with Crippen molar-refractivity contribution >= 4 is 17.5 Å². The minimum absolute atomic E-state index is 0.198. The minimum atomic E-state index is -0.649. The van der Waals surface area contributed by atoms with E-state index in [1.807, 2.05) is 6.92 Å². The zero-order chi connectivity index (χ0) is 16.9. The normalized spacial score (nSPS) is 15.8. The van der Waals surface area contributed by atoms with Gasteiger partial charge in [-0.25, -0.2) is 13.8 Å². The lowest BCUT2D eigenvalue weighted by molar-refractivity contribution is 0.590. The van der Waals surface area contributed by atoms with Crippen LogP contribution in [0.4, 0.5) is 26.2 Å². The maximum absolute atomic E-state index is 13.8. The lowest BCUT2D eigenvalue weighted by atomic mass is 10.1. The first-order chi connectivity index (χ1) is 11.6. The highest BCUT2D eigenvalue weighted by Crippen LogP contribution is 2.24. The van der Waals surface area contributed by atoms with Gasteiger partial charge >= 0.3 is 0 Å². The molecule has 1 aromatic carbocycles. The van der Waals surface area contributed by atoms with Gasteiger partial charge in [0.05, 0.1) is 0 Å². The van der Waals surface area contributed by atoms with Crippen LogP contribution in [0.5, 0.6) is 0 Å². The molecule has 6 heteroatoms. The van der Waals surface area contributed by atoms with Crippen molar-refractivity contribution in [3.05, 3.63) is 41.6 Å². The number of rotatable bonds is 4. The molecule has 0 spiro atoms. The van der Waals surface area contributed by atoms with E-state index in [1.165, 1.54) is 43.9 Å². The zero-order valence-electron chi connectivity index (χ0n) is 13.8. The van der Waals surface area contributed by atoms with Crippen LogP contribution in [-0.2, 0) is 0 Å². The van der Waals surface area contributed by atoms with Crippen LogP contribution in [0.1, 0.15) is 44.2 Å². The summed E-state index contributed by atoms with van der Waals surface area (Å²) in [5, 5.41) is 6.10. The van der Waals surface area contributed by atoms with Gasteiger partial charge in [0.2, 0.25) is 5.95 Å². The molecule has 1 aliphatic rings. The summed E-state index contributed by atoms with van der Waals surface area (Å²) in [6.07, 6.45) is 7.15. The molecule has 128 valence electrons. The molecule has 1 aliphatic carbocycles. The second-order valence-corrected chi connectivity index (χ2v) is 6.27. The summed E-state index contributed by atoms with van der Waals surface area (Å²) in [6, 6.07) is 5.78. The molecule has 1 saturated carbocycles. The Bertz CT molecular complexity index is 677. The fourth-order valence-electron chi connectivity index (χ4n) is 3.05. The average Bonchev–Trinajstić information content (AvgIpc) is 2.79. The van der Waals surface area contributed by atoms with Gasteiger partial charge in [0.15, 0.2) is 0 Å². The number of anilines is 3. The Morgan fingerprint density at radius 1 is 1.00 bits per heavy atom. The van der Waals surface area contributed by atoms with Gasteiger partial charge in [0, 0.05) is 17.8 Å². The van der Waals surface area contributed by atoms with Crippen molar-refractivity contribution in [3.63, 3.8) is 0 Å². The number of para-hydroxylation sites is 1. The van der Waals surface area contributed by atoms with Gasteiger partial charge in [0.25, 0.3) is 0 Å². The van der Waals surface area contributed by atoms with E-state index in [4.69, 9.17) is 0 Å². The van der Waals surface area contributed by atoms with Crippen LogP contribution in [0.3, 0.4) is 0 Å². The van der Waals surface area contributed by atoms with E-state index in [9.17, 15) is 8.78 Å². The Hall–Kier alpha value is -2.24. The minimum Gasteiger partial charge on any atom is -0.351 e. The molecule has 0 radical (unpaired) electrons. The molecule has 1 aromatic heterocycles. The van der Waals surface area contributed by atoms with E-state index in [-0.39, 0.29) is 5.69 Å². The van der Waals surface area contributed by atoms with Crippen LogP contribution in [0.15, 0.2) is 24.3 Å². The van der Waals surface area contributed by atoms with Crippen molar-refractivity contribution in [3.8, 4) is 0 Å². The molecule has 0 amide bonds. The highest BCUT2D eigenvalue weighted by molar-refractivity contribution is 5.59. The molecular formula is C18H22F2N4. The molecule has 0 aliphatic heterocycles. The van der Waals surface area contributed by atoms with E-state index >= 15 is 0 Å². The molecule has 24 heavy (non-hydrogen) atoms. The van der Waals surface area contributed by atoms with Crippen LogP contribution >= 0.6 is 0 Å².